The van der Waals surface area contributed by atoms with Crippen LogP contribution in [-0.4, -0.2) is 5.11 Å². The predicted octanol–water partition coefficient (Wildman–Crippen LogP) is 5.22. The number of benzene rings is 2. The van der Waals surface area contributed by atoms with Gasteiger partial charge in [-0.15, -0.1) is 0 Å². The first kappa shape index (κ1) is 14.3. The molecule has 2 N–H and O–H groups in total. The Morgan fingerprint density at radius 3 is 2.63 bits per heavy atom. The van der Waals surface area contributed by atoms with Gasteiger partial charge in [-0.05, 0) is 55.0 Å². The van der Waals surface area contributed by atoms with Crippen LogP contribution in [0.5, 0.6) is 0 Å². The van der Waals surface area contributed by atoms with Gasteiger partial charge in [-0.25, -0.2) is 0 Å². The van der Waals surface area contributed by atoms with E-state index in [1.165, 1.54) is 5.56 Å². The number of hydrogen-bond acceptors (Lipinski definition) is 1. The third-order valence-corrected chi connectivity index (χ3v) is 3.47. The van der Waals surface area contributed by atoms with E-state index in [-0.39, 0.29) is 0 Å². The summed E-state index contributed by atoms with van der Waals surface area (Å²) in [7, 11) is 0. The van der Waals surface area contributed by atoms with Crippen molar-refractivity contribution in [3.8, 4) is 0 Å². The maximum Gasteiger partial charge on any atom is 0.175 e. The van der Waals surface area contributed by atoms with E-state index < -0.39 is 0 Å². The Hall–Kier alpha value is -1.10. The van der Waals surface area contributed by atoms with Crippen molar-refractivity contribution in [1.29, 1.82) is 0 Å². The Bertz CT molecular complexity index is 616. The molecular weight excluding hydrogens is 344 g/mol. The van der Waals surface area contributed by atoms with E-state index in [4.69, 9.17) is 23.8 Å². The molecule has 2 aromatic rings. The molecule has 19 heavy (non-hydrogen) atoms. The molecule has 2 aromatic carbocycles. The van der Waals surface area contributed by atoms with E-state index in [0.29, 0.717) is 10.1 Å². The normalized spacial score (nSPS) is 10.1. The van der Waals surface area contributed by atoms with Crippen molar-refractivity contribution in [3.05, 3.63) is 57.5 Å². The lowest BCUT2D eigenvalue weighted by Crippen LogP contribution is -2.19. The van der Waals surface area contributed by atoms with Gasteiger partial charge in [-0.3, -0.25) is 0 Å². The first-order valence-corrected chi connectivity index (χ1v) is 7.22. The average Bonchev–Trinajstić information content (AvgIpc) is 2.33. The monoisotopic (exact) mass is 354 g/mol. The maximum atomic E-state index is 6.12. The van der Waals surface area contributed by atoms with Crippen LogP contribution in [0.15, 0.2) is 46.9 Å². The molecule has 0 bridgehead atoms. The fourth-order valence-corrected chi connectivity index (χ4v) is 2.55. The van der Waals surface area contributed by atoms with E-state index in [1.54, 1.807) is 0 Å². The fraction of sp³-hybridized carbons (Fsp3) is 0.0714. The Labute approximate surface area is 131 Å². The first-order valence-electron chi connectivity index (χ1n) is 5.64. The molecule has 0 saturated carbocycles. The Morgan fingerprint density at radius 2 is 1.95 bits per heavy atom. The summed E-state index contributed by atoms with van der Waals surface area (Å²) in [6, 6.07) is 13.6. The molecule has 2 rings (SSSR count). The van der Waals surface area contributed by atoms with Crippen LogP contribution in [0.1, 0.15) is 5.56 Å². The molecule has 0 atom stereocenters. The van der Waals surface area contributed by atoms with Gasteiger partial charge in [0.1, 0.15) is 0 Å². The van der Waals surface area contributed by atoms with Gasteiger partial charge < -0.3 is 10.6 Å². The number of hydrogen-bond donors (Lipinski definition) is 2. The molecule has 0 unspecified atom stereocenters. The van der Waals surface area contributed by atoms with Crippen LogP contribution < -0.4 is 10.6 Å². The molecule has 98 valence electrons. The van der Waals surface area contributed by atoms with Crippen LogP contribution in [0.2, 0.25) is 5.02 Å². The predicted molar refractivity (Wildman–Crippen MR) is 90.2 cm³/mol. The molecule has 0 aromatic heterocycles. The second-order valence-electron chi connectivity index (χ2n) is 4.07. The van der Waals surface area contributed by atoms with Crippen molar-refractivity contribution in [2.24, 2.45) is 0 Å². The Kier molecular flexibility index (Phi) is 4.80. The number of aryl methyl sites for hydroxylation is 1. The van der Waals surface area contributed by atoms with Crippen molar-refractivity contribution in [2.75, 3.05) is 10.6 Å². The summed E-state index contributed by atoms with van der Waals surface area (Å²) in [6.45, 7) is 2.03. The van der Waals surface area contributed by atoms with Crippen LogP contribution in [0.3, 0.4) is 0 Å². The smallest absolute Gasteiger partial charge is 0.175 e. The highest BCUT2D eigenvalue weighted by atomic mass is 79.9. The third kappa shape index (κ3) is 4.20. The van der Waals surface area contributed by atoms with Gasteiger partial charge in [0.15, 0.2) is 5.11 Å². The van der Waals surface area contributed by atoms with Crippen LogP contribution in [0.25, 0.3) is 0 Å². The molecule has 0 amide bonds. The minimum absolute atomic E-state index is 0.509. The molecule has 0 spiro atoms. The SMILES string of the molecule is Cc1cccc(NC(=S)Nc2ccc(Br)cc2Cl)c1. The quantitative estimate of drug-likeness (QED) is 0.722. The molecule has 5 heteroatoms. The highest BCUT2D eigenvalue weighted by Gasteiger charge is 2.03. The van der Waals surface area contributed by atoms with Gasteiger partial charge in [0.05, 0.1) is 10.7 Å². The molecular formula is C14H12BrClN2S. The first-order chi connectivity index (χ1) is 9.04. The summed E-state index contributed by atoms with van der Waals surface area (Å²) in [5, 5.41) is 7.32. The number of nitrogens with one attached hydrogen (secondary N) is 2. The summed E-state index contributed by atoms with van der Waals surface area (Å²) in [4.78, 5) is 0. The van der Waals surface area contributed by atoms with Crippen LogP contribution in [0.4, 0.5) is 11.4 Å². The topological polar surface area (TPSA) is 24.1 Å². The molecule has 0 fully saturated rings. The van der Waals surface area contributed by atoms with Crippen molar-refractivity contribution in [1.82, 2.24) is 0 Å². The zero-order chi connectivity index (χ0) is 13.8. The summed E-state index contributed by atoms with van der Waals surface area (Å²) in [5.74, 6) is 0. The van der Waals surface area contributed by atoms with E-state index in [0.717, 1.165) is 15.8 Å². The molecule has 2 nitrogen and oxygen atoms in total. The number of halogens is 2. The molecule has 0 heterocycles. The Morgan fingerprint density at radius 1 is 1.16 bits per heavy atom. The Balaban J connectivity index is 2.05. The summed E-state index contributed by atoms with van der Waals surface area (Å²) in [5.41, 5.74) is 2.90. The number of thiocarbonyl (C=S) groups is 1. The van der Waals surface area contributed by atoms with E-state index >= 15 is 0 Å². The molecule has 0 radical (unpaired) electrons. The van der Waals surface area contributed by atoms with Gasteiger partial charge in [-0.1, -0.05) is 39.7 Å². The summed E-state index contributed by atoms with van der Waals surface area (Å²) < 4.78 is 0.931. The van der Waals surface area contributed by atoms with Crippen molar-refractivity contribution < 1.29 is 0 Å². The lowest BCUT2D eigenvalue weighted by Gasteiger charge is -2.12. The molecule has 0 aliphatic heterocycles. The van der Waals surface area contributed by atoms with Gasteiger partial charge >= 0.3 is 0 Å². The zero-order valence-corrected chi connectivity index (χ0v) is 13.4. The zero-order valence-electron chi connectivity index (χ0n) is 10.2. The molecule has 0 saturated heterocycles. The average molecular weight is 356 g/mol. The highest BCUT2D eigenvalue weighted by Crippen LogP contribution is 2.25. The minimum atomic E-state index is 0.509. The van der Waals surface area contributed by atoms with Gasteiger partial charge in [0.25, 0.3) is 0 Å². The largest absolute Gasteiger partial charge is 0.332 e. The van der Waals surface area contributed by atoms with Gasteiger partial charge in [0, 0.05) is 10.2 Å². The lowest BCUT2D eigenvalue weighted by molar-refractivity contribution is 1.46. The second kappa shape index (κ2) is 6.37. The van der Waals surface area contributed by atoms with Crippen LogP contribution in [0, 0.1) is 6.92 Å². The van der Waals surface area contributed by atoms with Crippen molar-refractivity contribution >= 4 is 56.2 Å². The van der Waals surface area contributed by atoms with Crippen molar-refractivity contribution in [3.63, 3.8) is 0 Å². The second-order valence-corrected chi connectivity index (χ2v) is 5.80. The maximum absolute atomic E-state index is 6.12. The van der Waals surface area contributed by atoms with E-state index in [9.17, 15) is 0 Å². The number of anilines is 2. The van der Waals surface area contributed by atoms with Crippen LogP contribution in [-0.2, 0) is 0 Å². The summed E-state index contributed by atoms with van der Waals surface area (Å²) >= 11 is 14.7. The molecule has 0 aliphatic carbocycles. The number of rotatable bonds is 2. The minimum Gasteiger partial charge on any atom is -0.332 e. The van der Waals surface area contributed by atoms with Crippen LogP contribution >= 0.6 is 39.7 Å². The van der Waals surface area contributed by atoms with Gasteiger partial charge in [-0.2, -0.15) is 0 Å². The van der Waals surface area contributed by atoms with Gasteiger partial charge in [0.2, 0.25) is 0 Å². The summed E-state index contributed by atoms with van der Waals surface area (Å²) in [6.07, 6.45) is 0. The van der Waals surface area contributed by atoms with E-state index in [1.807, 2.05) is 49.4 Å². The standard InChI is InChI=1S/C14H12BrClN2S/c1-9-3-2-4-11(7-9)17-14(19)18-13-6-5-10(15)8-12(13)16/h2-8H,1H3,(H2,17,18,19). The highest BCUT2D eigenvalue weighted by molar-refractivity contribution is 9.10. The lowest BCUT2D eigenvalue weighted by atomic mass is 10.2. The fourth-order valence-electron chi connectivity index (χ4n) is 1.60. The van der Waals surface area contributed by atoms with Crippen molar-refractivity contribution in [2.45, 2.75) is 6.92 Å². The van der Waals surface area contributed by atoms with E-state index in [2.05, 4.69) is 26.6 Å². The third-order valence-electron chi connectivity index (χ3n) is 2.46. The molecule has 0 aliphatic rings.